The van der Waals surface area contributed by atoms with E-state index < -0.39 is 5.92 Å². The van der Waals surface area contributed by atoms with Crippen molar-refractivity contribution in [1.29, 1.82) is 0 Å². The number of thiophene rings is 1. The summed E-state index contributed by atoms with van der Waals surface area (Å²) in [4.78, 5) is 25.5. The minimum Gasteiger partial charge on any atom is -0.355 e. The second-order valence-electron chi connectivity index (χ2n) is 5.39. The normalized spacial score (nSPS) is 21.1. The summed E-state index contributed by atoms with van der Waals surface area (Å²) in [6, 6.07) is 13.5. The van der Waals surface area contributed by atoms with E-state index in [1.165, 1.54) is 0 Å². The number of hydrazone groups is 1. The molecule has 1 aromatic carbocycles. The van der Waals surface area contributed by atoms with Gasteiger partial charge in [0.15, 0.2) is 0 Å². The molecule has 1 aliphatic heterocycles. The van der Waals surface area contributed by atoms with Gasteiger partial charge in [-0.2, -0.15) is 5.10 Å². The molecule has 2 aromatic rings. The zero-order valence-corrected chi connectivity index (χ0v) is 13.5. The Labute approximate surface area is 138 Å². The largest absolute Gasteiger partial charge is 0.355 e. The van der Waals surface area contributed by atoms with Gasteiger partial charge in [0.25, 0.3) is 5.91 Å². The zero-order valence-electron chi connectivity index (χ0n) is 12.7. The van der Waals surface area contributed by atoms with E-state index in [0.29, 0.717) is 6.54 Å². The van der Waals surface area contributed by atoms with E-state index in [-0.39, 0.29) is 17.7 Å². The van der Waals surface area contributed by atoms with Gasteiger partial charge in [-0.15, -0.1) is 11.3 Å². The maximum Gasteiger partial charge on any atom is 0.253 e. The molecule has 0 unspecified atom stereocenters. The van der Waals surface area contributed by atoms with Crippen LogP contribution in [-0.2, 0) is 9.59 Å². The lowest BCUT2D eigenvalue weighted by Crippen LogP contribution is -2.35. The summed E-state index contributed by atoms with van der Waals surface area (Å²) in [5, 5.41) is 8.84. The van der Waals surface area contributed by atoms with Crippen molar-refractivity contribution >= 4 is 28.9 Å². The van der Waals surface area contributed by atoms with Crippen molar-refractivity contribution in [1.82, 2.24) is 10.7 Å². The van der Waals surface area contributed by atoms with Gasteiger partial charge in [0.2, 0.25) is 5.91 Å². The van der Waals surface area contributed by atoms with Crippen molar-refractivity contribution < 1.29 is 9.59 Å². The first-order valence-electron chi connectivity index (χ1n) is 7.37. The lowest BCUT2D eigenvalue weighted by molar-refractivity contribution is -0.133. The van der Waals surface area contributed by atoms with Gasteiger partial charge in [0.05, 0.1) is 5.71 Å². The summed E-state index contributed by atoms with van der Waals surface area (Å²) in [6.07, 6.45) is 0. The second kappa shape index (κ2) is 6.75. The van der Waals surface area contributed by atoms with Crippen molar-refractivity contribution in [3.05, 3.63) is 58.3 Å². The van der Waals surface area contributed by atoms with Crippen molar-refractivity contribution in [2.24, 2.45) is 11.0 Å². The second-order valence-corrected chi connectivity index (χ2v) is 6.34. The van der Waals surface area contributed by atoms with Gasteiger partial charge in [-0.05, 0) is 23.9 Å². The van der Waals surface area contributed by atoms with E-state index in [0.717, 1.165) is 16.2 Å². The SMILES string of the molecule is C/C(=N/NC(=O)[C@@H]1C(=O)NC[C@@H]1c1ccccc1)c1cccs1. The molecule has 1 aromatic heterocycles. The van der Waals surface area contributed by atoms with Gasteiger partial charge < -0.3 is 5.32 Å². The molecular formula is C17H17N3O2S. The van der Waals surface area contributed by atoms with Gasteiger partial charge in [0.1, 0.15) is 5.92 Å². The Morgan fingerprint density at radius 2 is 2.04 bits per heavy atom. The number of amides is 2. The third-order valence-corrected chi connectivity index (χ3v) is 4.88. The standard InChI is InChI=1S/C17H17N3O2S/c1-11(14-8-5-9-23-14)19-20-17(22)15-13(10-18-16(15)21)12-6-3-2-4-7-12/h2-9,13,15H,10H2,1H3,(H,18,21)(H,20,22)/b19-11-/t13-,15+/m1/s1. The van der Waals surface area contributed by atoms with Crippen LogP contribution in [0.25, 0.3) is 0 Å². The highest BCUT2D eigenvalue weighted by atomic mass is 32.1. The lowest BCUT2D eigenvalue weighted by Gasteiger charge is -2.15. The third-order valence-electron chi connectivity index (χ3n) is 3.90. The molecule has 0 bridgehead atoms. The number of rotatable bonds is 4. The number of hydrogen-bond acceptors (Lipinski definition) is 4. The molecule has 2 amide bonds. The minimum absolute atomic E-state index is 0.166. The average Bonchev–Trinajstić information content (AvgIpc) is 3.23. The quantitative estimate of drug-likeness (QED) is 0.513. The minimum atomic E-state index is -0.753. The highest BCUT2D eigenvalue weighted by molar-refractivity contribution is 7.12. The van der Waals surface area contributed by atoms with Gasteiger partial charge in [-0.3, -0.25) is 9.59 Å². The first-order chi connectivity index (χ1) is 11.2. The van der Waals surface area contributed by atoms with E-state index in [1.54, 1.807) is 11.3 Å². The van der Waals surface area contributed by atoms with E-state index in [1.807, 2.05) is 54.8 Å². The monoisotopic (exact) mass is 327 g/mol. The predicted octanol–water partition coefficient (Wildman–Crippen LogP) is 2.12. The van der Waals surface area contributed by atoms with Crippen LogP contribution in [0.2, 0.25) is 0 Å². The summed E-state index contributed by atoms with van der Waals surface area (Å²) in [7, 11) is 0. The van der Waals surface area contributed by atoms with Crippen molar-refractivity contribution in [3.63, 3.8) is 0 Å². The highest BCUT2D eigenvalue weighted by Crippen LogP contribution is 2.29. The molecule has 1 aliphatic rings. The van der Waals surface area contributed by atoms with Gasteiger partial charge >= 0.3 is 0 Å². The summed E-state index contributed by atoms with van der Waals surface area (Å²) >= 11 is 1.55. The molecule has 2 heterocycles. The molecule has 3 rings (SSSR count). The molecule has 2 atom stereocenters. The number of nitrogens with zero attached hydrogens (tertiary/aromatic N) is 1. The summed E-state index contributed by atoms with van der Waals surface area (Å²) in [5.41, 5.74) is 4.24. The van der Waals surface area contributed by atoms with Crippen LogP contribution in [0.5, 0.6) is 0 Å². The molecule has 0 radical (unpaired) electrons. The van der Waals surface area contributed by atoms with Crippen LogP contribution in [0.4, 0.5) is 0 Å². The van der Waals surface area contributed by atoms with E-state index in [4.69, 9.17) is 0 Å². The first-order valence-corrected chi connectivity index (χ1v) is 8.25. The summed E-state index contributed by atoms with van der Waals surface area (Å²) in [5.74, 6) is -1.54. The Bertz CT molecular complexity index is 726. The van der Waals surface area contributed by atoms with Gasteiger partial charge in [0, 0.05) is 17.3 Å². The van der Waals surface area contributed by atoms with E-state index in [9.17, 15) is 9.59 Å². The summed E-state index contributed by atoms with van der Waals surface area (Å²) < 4.78 is 0. The number of benzene rings is 1. The number of hydrogen-bond donors (Lipinski definition) is 2. The van der Waals surface area contributed by atoms with Crippen LogP contribution in [0.1, 0.15) is 23.3 Å². The molecule has 5 nitrogen and oxygen atoms in total. The molecule has 2 N–H and O–H groups in total. The fraction of sp³-hybridized carbons (Fsp3) is 0.235. The molecule has 0 saturated carbocycles. The van der Waals surface area contributed by atoms with Crippen LogP contribution in [0.15, 0.2) is 52.9 Å². The molecular weight excluding hydrogens is 310 g/mol. The fourth-order valence-corrected chi connectivity index (χ4v) is 3.36. The van der Waals surface area contributed by atoms with Crippen LogP contribution in [0.3, 0.4) is 0 Å². The van der Waals surface area contributed by atoms with E-state index in [2.05, 4.69) is 15.8 Å². The Balaban J connectivity index is 1.74. The topological polar surface area (TPSA) is 70.6 Å². The maximum absolute atomic E-state index is 12.4. The predicted molar refractivity (Wildman–Crippen MR) is 90.4 cm³/mol. The molecule has 6 heteroatoms. The first kappa shape index (κ1) is 15.4. The number of nitrogens with one attached hydrogen (secondary N) is 2. The van der Waals surface area contributed by atoms with Crippen LogP contribution in [0, 0.1) is 5.92 Å². The Morgan fingerprint density at radius 3 is 2.74 bits per heavy atom. The third kappa shape index (κ3) is 3.32. The van der Waals surface area contributed by atoms with Crippen molar-refractivity contribution in [2.45, 2.75) is 12.8 Å². The molecule has 23 heavy (non-hydrogen) atoms. The van der Waals surface area contributed by atoms with Gasteiger partial charge in [-0.1, -0.05) is 36.4 Å². The molecule has 0 aliphatic carbocycles. The van der Waals surface area contributed by atoms with Crippen molar-refractivity contribution in [3.8, 4) is 0 Å². The van der Waals surface area contributed by atoms with E-state index >= 15 is 0 Å². The lowest BCUT2D eigenvalue weighted by atomic mass is 9.88. The maximum atomic E-state index is 12.4. The molecule has 118 valence electrons. The fourth-order valence-electron chi connectivity index (χ4n) is 2.68. The van der Waals surface area contributed by atoms with Gasteiger partial charge in [-0.25, -0.2) is 5.43 Å². The molecule has 1 saturated heterocycles. The average molecular weight is 327 g/mol. The van der Waals surface area contributed by atoms with Crippen LogP contribution < -0.4 is 10.7 Å². The Kier molecular flexibility index (Phi) is 4.52. The Hall–Kier alpha value is -2.47. The number of carbonyl (C=O) groups is 2. The zero-order chi connectivity index (χ0) is 16.2. The molecule has 0 spiro atoms. The highest BCUT2D eigenvalue weighted by Gasteiger charge is 2.40. The van der Waals surface area contributed by atoms with Crippen molar-refractivity contribution in [2.75, 3.05) is 6.54 Å². The smallest absolute Gasteiger partial charge is 0.253 e. The molecule has 1 fully saturated rings. The van der Waals surface area contributed by atoms with Crippen LogP contribution in [-0.4, -0.2) is 24.1 Å². The Morgan fingerprint density at radius 1 is 1.26 bits per heavy atom. The number of carbonyl (C=O) groups excluding carboxylic acids is 2. The summed E-state index contributed by atoms with van der Waals surface area (Å²) in [6.45, 7) is 2.30. The van der Waals surface area contributed by atoms with Crippen LogP contribution >= 0.6 is 11.3 Å².